The second kappa shape index (κ2) is 7.70. The molecule has 0 radical (unpaired) electrons. The van der Waals surface area contributed by atoms with Crippen molar-refractivity contribution in [1.82, 2.24) is 0 Å². The van der Waals surface area contributed by atoms with Gasteiger partial charge in [-0.3, -0.25) is 0 Å². The van der Waals surface area contributed by atoms with E-state index in [9.17, 15) is 5.11 Å². The summed E-state index contributed by atoms with van der Waals surface area (Å²) in [7, 11) is 0. The Bertz CT molecular complexity index is 465. The lowest BCUT2D eigenvalue weighted by atomic mass is 9.69. The molecule has 0 spiro atoms. The number of hydrogen-bond acceptors (Lipinski definition) is 2. The van der Waals surface area contributed by atoms with Gasteiger partial charge in [-0.2, -0.15) is 0 Å². The van der Waals surface area contributed by atoms with Crippen molar-refractivity contribution in [3.8, 4) is 5.75 Å². The first kappa shape index (κ1) is 16.8. The highest BCUT2D eigenvalue weighted by Gasteiger charge is 2.32. The fourth-order valence-electron chi connectivity index (χ4n) is 4.51. The van der Waals surface area contributed by atoms with Crippen molar-refractivity contribution in [1.29, 1.82) is 0 Å². The van der Waals surface area contributed by atoms with Gasteiger partial charge in [0.15, 0.2) is 6.29 Å². The van der Waals surface area contributed by atoms with Gasteiger partial charge in [0, 0.05) is 5.92 Å². The molecule has 128 valence electrons. The van der Waals surface area contributed by atoms with Gasteiger partial charge < -0.3 is 9.84 Å². The zero-order valence-electron chi connectivity index (χ0n) is 14.7. The molecule has 1 N–H and O–H groups in total. The molecule has 0 aliphatic heterocycles. The van der Waals surface area contributed by atoms with Crippen LogP contribution in [0.5, 0.6) is 5.75 Å². The highest BCUT2D eigenvalue weighted by Crippen LogP contribution is 2.42. The van der Waals surface area contributed by atoms with Gasteiger partial charge in [-0.15, -0.1) is 0 Å². The third kappa shape index (κ3) is 4.50. The maximum absolute atomic E-state index is 10.4. The first-order chi connectivity index (χ1) is 11.1. The number of benzene rings is 1. The molecule has 2 heteroatoms. The van der Waals surface area contributed by atoms with Crippen molar-refractivity contribution in [3.05, 3.63) is 29.8 Å². The number of rotatable bonds is 4. The first-order valence-electron chi connectivity index (χ1n) is 9.53. The van der Waals surface area contributed by atoms with Crippen LogP contribution in [0.1, 0.15) is 63.9 Å². The molecule has 3 rings (SSSR count). The molecule has 2 nitrogen and oxygen atoms in total. The fraction of sp³-hybridized carbons (Fsp3) is 0.714. The molecule has 1 aromatic rings. The second-order valence-corrected chi connectivity index (χ2v) is 8.02. The summed E-state index contributed by atoms with van der Waals surface area (Å²) in [5.41, 5.74) is 1.22. The van der Waals surface area contributed by atoms with Crippen LogP contribution in [0.25, 0.3) is 0 Å². The molecule has 2 saturated carbocycles. The summed E-state index contributed by atoms with van der Waals surface area (Å²) in [6, 6.07) is 7.97. The summed E-state index contributed by atoms with van der Waals surface area (Å²) in [5.74, 6) is 3.86. The molecule has 0 unspecified atom stereocenters. The van der Waals surface area contributed by atoms with Crippen LogP contribution in [-0.4, -0.2) is 11.4 Å². The van der Waals surface area contributed by atoms with Gasteiger partial charge in [0.05, 0.1) is 0 Å². The standard InChI is InChI=1S/C21H32O2/c1-15-3-7-17(8-4-15)18-9-11-19(12-10-18)21(22)23-20-13-5-16(2)6-14-20/h5-6,13-15,17-19,21-22H,3-4,7-12H2,1-2H3/t15?,17?,18?,19?,21-/m0/s1. The Kier molecular flexibility index (Phi) is 5.63. The van der Waals surface area contributed by atoms with Crippen molar-refractivity contribution in [3.63, 3.8) is 0 Å². The van der Waals surface area contributed by atoms with E-state index < -0.39 is 6.29 Å². The Balaban J connectivity index is 1.45. The second-order valence-electron chi connectivity index (χ2n) is 8.02. The third-order valence-electron chi connectivity index (χ3n) is 6.22. The average Bonchev–Trinajstić information content (AvgIpc) is 2.58. The van der Waals surface area contributed by atoms with E-state index in [1.165, 1.54) is 44.1 Å². The van der Waals surface area contributed by atoms with Crippen LogP contribution in [-0.2, 0) is 0 Å². The Morgan fingerprint density at radius 3 is 1.96 bits per heavy atom. The van der Waals surface area contributed by atoms with Crippen LogP contribution in [0.2, 0.25) is 0 Å². The minimum atomic E-state index is -0.648. The normalized spacial score (nSPS) is 33.2. The van der Waals surface area contributed by atoms with Crippen LogP contribution in [0.15, 0.2) is 24.3 Å². The molecule has 0 amide bonds. The first-order valence-corrected chi connectivity index (χ1v) is 9.53. The van der Waals surface area contributed by atoms with Crippen LogP contribution >= 0.6 is 0 Å². The van der Waals surface area contributed by atoms with Crippen LogP contribution < -0.4 is 4.74 Å². The minimum Gasteiger partial charge on any atom is -0.465 e. The van der Waals surface area contributed by atoms with E-state index in [1.54, 1.807) is 0 Å². The smallest absolute Gasteiger partial charge is 0.200 e. The maximum atomic E-state index is 10.4. The molecule has 1 atom stereocenters. The van der Waals surface area contributed by atoms with Crippen LogP contribution in [0.4, 0.5) is 0 Å². The predicted octanol–water partition coefficient (Wildman–Crippen LogP) is 5.32. The third-order valence-corrected chi connectivity index (χ3v) is 6.22. The highest BCUT2D eigenvalue weighted by molar-refractivity contribution is 5.26. The van der Waals surface area contributed by atoms with Crippen molar-refractivity contribution in [2.45, 2.75) is 71.5 Å². The van der Waals surface area contributed by atoms with Gasteiger partial charge >= 0.3 is 0 Å². The monoisotopic (exact) mass is 316 g/mol. The van der Waals surface area contributed by atoms with Crippen molar-refractivity contribution in [2.75, 3.05) is 0 Å². The van der Waals surface area contributed by atoms with Gasteiger partial charge in [-0.1, -0.05) is 37.5 Å². The molecule has 2 aliphatic rings. The van der Waals surface area contributed by atoms with E-state index in [1.807, 2.05) is 24.3 Å². The largest absolute Gasteiger partial charge is 0.465 e. The Labute approximate surface area is 141 Å². The zero-order chi connectivity index (χ0) is 16.2. The molecule has 0 aromatic heterocycles. The molecular weight excluding hydrogens is 284 g/mol. The van der Waals surface area contributed by atoms with Crippen LogP contribution in [0.3, 0.4) is 0 Å². The predicted molar refractivity (Wildman–Crippen MR) is 94.4 cm³/mol. The molecule has 0 saturated heterocycles. The van der Waals surface area contributed by atoms with E-state index in [0.717, 1.165) is 36.3 Å². The van der Waals surface area contributed by atoms with Crippen molar-refractivity contribution in [2.24, 2.45) is 23.7 Å². The SMILES string of the molecule is Cc1ccc(O[C@H](O)C2CCC(C3CCC(C)CC3)CC2)cc1. The summed E-state index contributed by atoms with van der Waals surface area (Å²) in [5, 5.41) is 10.4. The van der Waals surface area contributed by atoms with Gasteiger partial charge in [-0.25, -0.2) is 0 Å². The molecular formula is C21H32O2. The molecule has 23 heavy (non-hydrogen) atoms. The zero-order valence-corrected chi connectivity index (χ0v) is 14.7. The molecule has 0 bridgehead atoms. The summed E-state index contributed by atoms with van der Waals surface area (Å²) in [4.78, 5) is 0. The van der Waals surface area contributed by atoms with E-state index >= 15 is 0 Å². The number of aryl methyl sites for hydroxylation is 1. The summed E-state index contributed by atoms with van der Waals surface area (Å²) in [6.07, 6.45) is 9.83. The number of aliphatic hydroxyl groups excluding tert-OH is 1. The fourth-order valence-corrected chi connectivity index (χ4v) is 4.51. The van der Waals surface area contributed by atoms with Crippen molar-refractivity contribution < 1.29 is 9.84 Å². The van der Waals surface area contributed by atoms with Gasteiger partial charge in [0.25, 0.3) is 0 Å². The Morgan fingerprint density at radius 1 is 0.870 bits per heavy atom. The number of ether oxygens (including phenoxy) is 1. The lowest BCUT2D eigenvalue weighted by Crippen LogP contribution is -2.32. The number of aliphatic hydroxyl groups is 1. The lowest BCUT2D eigenvalue weighted by Gasteiger charge is -2.38. The summed E-state index contributed by atoms with van der Waals surface area (Å²) < 4.78 is 5.76. The van der Waals surface area contributed by atoms with E-state index in [0.29, 0.717) is 5.92 Å². The summed E-state index contributed by atoms with van der Waals surface area (Å²) in [6.45, 7) is 4.46. The molecule has 2 fully saturated rings. The molecule has 1 aromatic carbocycles. The van der Waals surface area contributed by atoms with E-state index in [-0.39, 0.29) is 0 Å². The van der Waals surface area contributed by atoms with Gasteiger partial charge in [0.1, 0.15) is 5.75 Å². The van der Waals surface area contributed by atoms with Gasteiger partial charge in [0.2, 0.25) is 0 Å². The number of hydrogen-bond donors (Lipinski definition) is 1. The average molecular weight is 316 g/mol. The van der Waals surface area contributed by atoms with Gasteiger partial charge in [-0.05, 0) is 75.3 Å². The molecule has 2 aliphatic carbocycles. The minimum absolute atomic E-state index is 0.301. The van der Waals surface area contributed by atoms with E-state index in [2.05, 4.69) is 13.8 Å². The Hall–Kier alpha value is -1.02. The lowest BCUT2D eigenvalue weighted by molar-refractivity contribution is -0.0785. The summed E-state index contributed by atoms with van der Waals surface area (Å²) >= 11 is 0. The quantitative estimate of drug-likeness (QED) is 0.761. The van der Waals surface area contributed by atoms with Crippen LogP contribution in [0, 0.1) is 30.6 Å². The molecule has 0 heterocycles. The topological polar surface area (TPSA) is 29.5 Å². The van der Waals surface area contributed by atoms with Crippen molar-refractivity contribution >= 4 is 0 Å². The highest BCUT2D eigenvalue weighted by atomic mass is 16.6. The maximum Gasteiger partial charge on any atom is 0.200 e. The van der Waals surface area contributed by atoms with E-state index in [4.69, 9.17) is 4.74 Å². The Morgan fingerprint density at radius 2 is 1.39 bits per heavy atom.